The van der Waals surface area contributed by atoms with Crippen molar-refractivity contribution in [3.05, 3.63) is 42.0 Å². The summed E-state index contributed by atoms with van der Waals surface area (Å²) in [5.41, 5.74) is 1.41. The molecule has 27 heavy (non-hydrogen) atoms. The number of rotatable bonds is 6. The van der Waals surface area contributed by atoms with Crippen molar-refractivity contribution < 1.29 is 19.1 Å². The van der Waals surface area contributed by atoms with Crippen molar-refractivity contribution in [1.29, 1.82) is 0 Å². The normalized spacial score (nSPS) is 22.6. The first-order valence-corrected chi connectivity index (χ1v) is 9.39. The maximum Gasteiger partial charge on any atom is 0.251 e. The maximum absolute atomic E-state index is 13.1. The van der Waals surface area contributed by atoms with E-state index < -0.39 is 12.1 Å². The van der Waals surface area contributed by atoms with Crippen molar-refractivity contribution in [2.75, 3.05) is 13.2 Å². The average molecular weight is 370 g/mol. The quantitative estimate of drug-likeness (QED) is 0.831. The largest absolute Gasteiger partial charge is 0.368 e. The third-order valence-corrected chi connectivity index (χ3v) is 5.11. The van der Waals surface area contributed by atoms with E-state index in [1.165, 1.54) is 0 Å². The van der Waals surface area contributed by atoms with Crippen LogP contribution in [0.1, 0.15) is 42.6 Å². The smallest absolute Gasteiger partial charge is 0.251 e. The Morgan fingerprint density at radius 1 is 1.33 bits per heavy atom. The van der Waals surface area contributed by atoms with Crippen LogP contribution in [0.3, 0.4) is 0 Å². The van der Waals surface area contributed by atoms with Crippen LogP contribution in [0, 0.1) is 5.92 Å². The van der Waals surface area contributed by atoms with E-state index >= 15 is 0 Å². The van der Waals surface area contributed by atoms with Gasteiger partial charge in [-0.2, -0.15) is 0 Å². The molecule has 2 saturated heterocycles. The lowest BCUT2D eigenvalue weighted by atomic mass is 10.0. The standard InChI is InChI=1S/C21H26N2O4/c1-4-14-5-7-15(8-6-14)20(25)22-16(11-13(2)3)21(26)23-10-9-18-19(23)17(24)12-27-18/h4-8,13,16,18-19H,1,9-12H2,2-3H3,(H,22,25)/t16-,18+,19+/m0/s1. The van der Waals surface area contributed by atoms with Gasteiger partial charge < -0.3 is 15.0 Å². The van der Waals surface area contributed by atoms with Crippen molar-refractivity contribution in [2.45, 2.75) is 44.9 Å². The third-order valence-electron chi connectivity index (χ3n) is 5.11. The first-order valence-electron chi connectivity index (χ1n) is 9.39. The fourth-order valence-corrected chi connectivity index (χ4v) is 3.75. The van der Waals surface area contributed by atoms with Crippen LogP contribution in [-0.2, 0) is 14.3 Å². The first-order chi connectivity index (χ1) is 12.9. The molecular weight excluding hydrogens is 344 g/mol. The molecule has 2 amide bonds. The van der Waals surface area contributed by atoms with Gasteiger partial charge in [0.25, 0.3) is 5.91 Å². The molecule has 2 aliphatic heterocycles. The van der Waals surface area contributed by atoms with Crippen LogP contribution in [0.4, 0.5) is 0 Å². The number of nitrogens with zero attached hydrogens (tertiary/aromatic N) is 1. The lowest BCUT2D eigenvalue weighted by Crippen LogP contribution is -2.52. The maximum atomic E-state index is 13.1. The summed E-state index contributed by atoms with van der Waals surface area (Å²) in [6.07, 6.45) is 2.67. The molecule has 0 aliphatic carbocycles. The predicted molar refractivity (Wildman–Crippen MR) is 102 cm³/mol. The highest BCUT2D eigenvalue weighted by Gasteiger charge is 2.48. The Bertz CT molecular complexity index is 741. The van der Waals surface area contributed by atoms with Gasteiger partial charge in [0.15, 0.2) is 5.78 Å². The van der Waals surface area contributed by atoms with Crippen molar-refractivity contribution >= 4 is 23.7 Å². The highest BCUT2D eigenvalue weighted by molar-refractivity contribution is 5.99. The highest BCUT2D eigenvalue weighted by atomic mass is 16.5. The summed E-state index contributed by atoms with van der Waals surface area (Å²) in [4.78, 5) is 39.5. The van der Waals surface area contributed by atoms with Crippen molar-refractivity contribution in [3.63, 3.8) is 0 Å². The number of benzene rings is 1. The summed E-state index contributed by atoms with van der Waals surface area (Å²) in [5, 5.41) is 2.87. The van der Waals surface area contributed by atoms with Gasteiger partial charge in [-0.1, -0.05) is 38.6 Å². The minimum Gasteiger partial charge on any atom is -0.368 e. The number of carbonyl (C=O) groups is 3. The molecule has 0 aromatic heterocycles. The summed E-state index contributed by atoms with van der Waals surface area (Å²) in [7, 11) is 0. The van der Waals surface area contributed by atoms with Crippen molar-refractivity contribution in [3.8, 4) is 0 Å². The van der Waals surface area contributed by atoms with Gasteiger partial charge in [-0.3, -0.25) is 14.4 Å². The Hall–Kier alpha value is -2.47. The van der Waals surface area contributed by atoms with Gasteiger partial charge in [-0.05, 0) is 36.5 Å². The molecule has 2 fully saturated rings. The van der Waals surface area contributed by atoms with Gasteiger partial charge in [-0.25, -0.2) is 0 Å². The Kier molecular flexibility index (Phi) is 5.75. The van der Waals surface area contributed by atoms with Crippen LogP contribution in [0.15, 0.2) is 30.8 Å². The molecule has 2 heterocycles. The molecular formula is C21H26N2O4. The van der Waals surface area contributed by atoms with Gasteiger partial charge in [0.2, 0.25) is 5.91 Å². The molecule has 6 heteroatoms. The highest BCUT2D eigenvalue weighted by Crippen LogP contribution is 2.28. The second kappa shape index (κ2) is 8.05. The number of nitrogens with one attached hydrogen (secondary N) is 1. The molecule has 0 unspecified atom stereocenters. The van der Waals surface area contributed by atoms with Gasteiger partial charge in [0.1, 0.15) is 18.7 Å². The van der Waals surface area contributed by atoms with E-state index in [4.69, 9.17) is 4.74 Å². The Balaban J connectivity index is 1.74. The number of amides is 2. The summed E-state index contributed by atoms with van der Waals surface area (Å²) in [6.45, 7) is 8.25. The molecule has 1 aromatic carbocycles. The van der Waals surface area contributed by atoms with Crippen molar-refractivity contribution in [2.24, 2.45) is 5.92 Å². The number of ether oxygens (including phenoxy) is 1. The second-order valence-corrected chi connectivity index (χ2v) is 7.56. The van der Waals surface area contributed by atoms with Crippen LogP contribution < -0.4 is 5.32 Å². The number of fused-ring (bicyclic) bond motifs is 1. The number of hydrogen-bond donors (Lipinski definition) is 1. The van der Waals surface area contributed by atoms with Gasteiger partial charge in [0.05, 0.1) is 6.10 Å². The van der Waals surface area contributed by atoms with E-state index in [1.54, 1.807) is 35.2 Å². The summed E-state index contributed by atoms with van der Waals surface area (Å²) in [5.74, 6) is -0.336. The van der Waals surface area contributed by atoms with E-state index in [0.717, 1.165) is 5.56 Å². The Morgan fingerprint density at radius 3 is 2.67 bits per heavy atom. The van der Waals surface area contributed by atoms with Crippen LogP contribution in [-0.4, -0.2) is 53.8 Å². The molecule has 0 radical (unpaired) electrons. The minimum absolute atomic E-state index is 0.0551. The fraction of sp³-hybridized carbons (Fsp3) is 0.476. The average Bonchev–Trinajstić information content (AvgIpc) is 3.23. The van der Waals surface area contributed by atoms with Gasteiger partial charge in [0, 0.05) is 12.1 Å². The number of ketones is 1. The topological polar surface area (TPSA) is 75.7 Å². The predicted octanol–water partition coefficient (Wildman–Crippen LogP) is 2.04. The fourth-order valence-electron chi connectivity index (χ4n) is 3.75. The molecule has 0 bridgehead atoms. The SMILES string of the molecule is C=Cc1ccc(C(=O)N[C@@H](CC(C)C)C(=O)N2CC[C@H]3OCC(=O)[C@H]32)cc1. The lowest BCUT2D eigenvalue weighted by Gasteiger charge is -2.28. The molecule has 2 aliphatic rings. The molecule has 0 saturated carbocycles. The zero-order valence-corrected chi connectivity index (χ0v) is 15.8. The lowest BCUT2D eigenvalue weighted by molar-refractivity contribution is -0.138. The Morgan fingerprint density at radius 2 is 2.04 bits per heavy atom. The molecule has 3 atom stereocenters. The summed E-state index contributed by atoms with van der Waals surface area (Å²) >= 11 is 0. The van der Waals surface area contributed by atoms with E-state index in [0.29, 0.717) is 24.9 Å². The molecule has 0 spiro atoms. The number of carbonyl (C=O) groups excluding carboxylic acids is 3. The molecule has 3 rings (SSSR count). The third kappa shape index (κ3) is 4.11. The van der Waals surface area contributed by atoms with E-state index in [2.05, 4.69) is 11.9 Å². The zero-order chi connectivity index (χ0) is 19.6. The van der Waals surface area contributed by atoms with E-state index in [-0.39, 0.29) is 36.2 Å². The van der Waals surface area contributed by atoms with Crippen LogP contribution in [0.25, 0.3) is 6.08 Å². The first kappa shape index (κ1) is 19.3. The van der Waals surface area contributed by atoms with Crippen LogP contribution in [0.5, 0.6) is 0 Å². The van der Waals surface area contributed by atoms with Gasteiger partial charge in [-0.15, -0.1) is 0 Å². The molecule has 1 aromatic rings. The van der Waals surface area contributed by atoms with Crippen molar-refractivity contribution in [1.82, 2.24) is 10.2 Å². The zero-order valence-electron chi connectivity index (χ0n) is 15.8. The Labute approximate surface area is 159 Å². The molecule has 1 N–H and O–H groups in total. The molecule has 6 nitrogen and oxygen atoms in total. The van der Waals surface area contributed by atoms with E-state index in [9.17, 15) is 14.4 Å². The number of likely N-dealkylation sites (tertiary alicyclic amines) is 1. The monoisotopic (exact) mass is 370 g/mol. The molecule has 144 valence electrons. The van der Waals surface area contributed by atoms with E-state index in [1.807, 2.05) is 13.8 Å². The number of hydrogen-bond acceptors (Lipinski definition) is 4. The second-order valence-electron chi connectivity index (χ2n) is 7.56. The van der Waals surface area contributed by atoms with Crippen LogP contribution >= 0.6 is 0 Å². The number of Topliss-reactive ketones (excluding diaryl/α,β-unsaturated/α-hetero) is 1. The summed E-state index contributed by atoms with van der Waals surface area (Å²) < 4.78 is 5.46. The summed E-state index contributed by atoms with van der Waals surface area (Å²) in [6, 6.07) is 5.87. The minimum atomic E-state index is -0.663. The van der Waals surface area contributed by atoms with Gasteiger partial charge >= 0.3 is 0 Å². The van der Waals surface area contributed by atoms with Crippen LogP contribution in [0.2, 0.25) is 0 Å².